The van der Waals surface area contributed by atoms with Gasteiger partial charge in [-0.3, -0.25) is 9.59 Å². The number of hydrogen-bond acceptors (Lipinski definition) is 5. The molecule has 2 aromatic rings. The summed E-state index contributed by atoms with van der Waals surface area (Å²) in [5.41, 5.74) is 0. The van der Waals surface area contributed by atoms with Crippen molar-refractivity contribution in [2.75, 3.05) is 6.54 Å². The molecule has 1 aromatic heterocycles. The molecule has 3 rings (SSSR count). The number of thiophene rings is 1. The Bertz CT molecular complexity index is 921. The average Bonchev–Trinajstić information content (AvgIpc) is 3.36. The molecule has 0 radical (unpaired) electrons. The van der Waals surface area contributed by atoms with Crippen LogP contribution in [0.4, 0.5) is 0 Å². The molecule has 1 aromatic carbocycles. The average molecular weight is 441 g/mol. The Morgan fingerprint density at radius 3 is 2.39 bits per heavy atom. The topological polar surface area (TPSA) is 92.3 Å². The highest BCUT2D eigenvalue weighted by atomic mass is 35.5. The van der Waals surface area contributed by atoms with Crippen LogP contribution in [0, 0.1) is 0 Å². The van der Waals surface area contributed by atoms with Crippen molar-refractivity contribution in [2.45, 2.75) is 41.9 Å². The first-order valence-electron chi connectivity index (χ1n) is 8.99. The second-order valence-electron chi connectivity index (χ2n) is 6.67. The maximum atomic E-state index is 13.1. The van der Waals surface area contributed by atoms with E-state index in [0.29, 0.717) is 9.90 Å². The minimum absolute atomic E-state index is 0.0177. The summed E-state index contributed by atoms with van der Waals surface area (Å²) in [5, 5.41) is 6.40. The largest absolute Gasteiger partial charge is 0.346 e. The zero-order valence-corrected chi connectivity index (χ0v) is 17.4. The molecule has 0 unspecified atom stereocenters. The maximum absolute atomic E-state index is 13.1. The molecule has 2 N–H and O–H groups in total. The van der Waals surface area contributed by atoms with E-state index in [1.807, 2.05) is 0 Å². The van der Waals surface area contributed by atoms with Crippen LogP contribution in [0.15, 0.2) is 46.7 Å². The van der Waals surface area contributed by atoms with Crippen molar-refractivity contribution in [2.24, 2.45) is 0 Å². The summed E-state index contributed by atoms with van der Waals surface area (Å²) < 4.78 is 26.2. The zero-order chi connectivity index (χ0) is 20.1. The lowest BCUT2D eigenvalue weighted by atomic mass is 10.2. The first-order chi connectivity index (χ1) is 13.4. The monoisotopic (exact) mass is 440 g/mol. The second-order valence-corrected chi connectivity index (χ2v) is 10.2. The molecule has 1 aliphatic carbocycles. The molecule has 1 aliphatic rings. The summed E-state index contributed by atoms with van der Waals surface area (Å²) in [5.74, 6) is -1.54. The molecule has 9 heteroatoms. The number of hydrogen-bond donors (Lipinski definition) is 2. The summed E-state index contributed by atoms with van der Waals surface area (Å²) in [6.07, 6.45) is 3.79. The molecule has 0 spiro atoms. The van der Waals surface area contributed by atoms with Crippen molar-refractivity contribution in [3.8, 4) is 0 Å². The van der Waals surface area contributed by atoms with Gasteiger partial charge in [-0.1, -0.05) is 30.5 Å². The first-order valence-corrected chi connectivity index (χ1v) is 11.8. The van der Waals surface area contributed by atoms with E-state index in [2.05, 4.69) is 10.6 Å². The number of nitrogens with one attached hydrogen (secondary N) is 2. The minimum atomic E-state index is -3.78. The molecule has 1 atom stereocenters. The molecular formula is C19H21ClN2O4S2. The van der Waals surface area contributed by atoms with Crippen LogP contribution >= 0.6 is 22.9 Å². The van der Waals surface area contributed by atoms with E-state index in [1.165, 1.54) is 35.6 Å². The highest BCUT2D eigenvalue weighted by Gasteiger charge is 2.31. The van der Waals surface area contributed by atoms with E-state index < -0.39 is 26.9 Å². The number of rotatable bonds is 6. The van der Waals surface area contributed by atoms with E-state index >= 15 is 0 Å². The molecule has 6 nitrogen and oxygen atoms in total. The molecule has 150 valence electrons. The second kappa shape index (κ2) is 9.07. The van der Waals surface area contributed by atoms with Gasteiger partial charge < -0.3 is 10.6 Å². The van der Waals surface area contributed by atoms with Crippen LogP contribution in [0.2, 0.25) is 5.02 Å². The lowest BCUT2D eigenvalue weighted by Gasteiger charge is -2.18. The van der Waals surface area contributed by atoms with Crippen molar-refractivity contribution < 1.29 is 18.0 Å². The van der Waals surface area contributed by atoms with E-state index in [1.54, 1.807) is 17.5 Å². The van der Waals surface area contributed by atoms with E-state index in [-0.39, 0.29) is 17.5 Å². The standard InChI is InChI=1S/C19H21ClN2O4S2/c20-13-7-9-15(10-8-13)28(25,26)17(16-6-3-11-27-16)12-21-18(23)19(24)22-14-4-1-2-5-14/h3,6-11,14,17H,1-2,4-5,12H2,(H,21,23)(H,22,24)/t17-/m1/s1. The predicted octanol–water partition coefficient (Wildman–Crippen LogP) is 3.09. The van der Waals surface area contributed by atoms with Crippen LogP contribution in [-0.2, 0) is 19.4 Å². The Balaban J connectivity index is 1.73. The van der Waals surface area contributed by atoms with Gasteiger partial charge in [-0.05, 0) is 48.6 Å². The summed E-state index contributed by atoms with van der Waals surface area (Å²) >= 11 is 7.14. The van der Waals surface area contributed by atoms with E-state index in [9.17, 15) is 18.0 Å². The van der Waals surface area contributed by atoms with Gasteiger partial charge in [0.25, 0.3) is 0 Å². The lowest BCUT2D eigenvalue weighted by molar-refractivity contribution is -0.139. The van der Waals surface area contributed by atoms with Gasteiger partial charge in [0.1, 0.15) is 5.25 Å². The highest BCUT2D eigenvalue weighted by molar-refractivity contribution is 7.91. The van der Waals surface area contributed by atoms with Crippen LogP contribution in [0.3, 0.4) is 0 Å². The van der Waals surface area contributed by atoms with Gasteiger partial charge in [0, 0.05) is 22.5 Å². The van der Waals surface area contributed by atoms with Gasteiger partial charge in [-0.2, -0.15) is 0 Å². The number of carbonyl (C=O) groups excluding carboxylic acids is 2. The van der Waals surface area contributed by atoms with Crippen molar-refractivity contribution in [3.63, 3.8) is 0 Å². The molecule has 1 fully saturated rings. The Hall–Kier alpha value is -1.90. The fraction of sp³-hybridized carbons (Fsp3) is 0.368. The Labute approximate surface area is 173 Å². The van der Waals surface area contributed by atoms with Crippen molar-refractivity contribution in [1.82, 2.24) is 10.6 Å². The van der Waals surface area contributed by atoms with Crippen LogP contribution in [-0.4, -0.2) is 32.8 Å². The van der Waals surface area contributed by atoms with Gasteiger partial charge in [0.05, 0.1) is 4.90 Å². The third kappa shape index (κ3) is 4.92. The quantitative estimate of drug-likeness (QED) is 0.675. The molecule has 1 saturated carbocycles. The van der Waals surface area contributed by atoms with Gasteiger partial charge in [0.2, 0.25) is 0 Å². The normalized spacial score (nSPS) is 15.9. The molecular weight excluding hydrogens is 420 g/mol. The minimum Gasteiger partial charge on any atom is -0.346 e. The summed E-state index contributed by atoms with van der Waals surface area (Å²) in [6.45, 7) is -0.192. The van der Waals surface area contributed by atoms with Gasteiger partial charge in [-0.15, -0.1) is 11.3 Å². The van der Waals surface area contributed by atoms with Crippen LogP contribution in [0.5, 0.6) is 0 Å². The Morgan fingerprint density at radius 1 is 1.11 bits per heavy atom. The predicted molar refractivity (Wildman–Crippen MR) is 109 cm³/mol. The number of halogens is 1. The summed E-state index contributed by atoms with van der Waals surface area (Å²) in [6, 6.07) is 9.36. The Morgan fingerprint density at radius 2 is 1.79 bits per heavy atom. The van der Waals surface area contributed by atoms with E-state index in [0.717, 1.165) is 25.7 Å². The zero-order valence-electron chi connectivity index (χ0n) is 15.1. The third-order valence-electron chi connectivity index (χ3n) is 4.72. The van der Waals surface area contributed by atoms with E-state index in [4.69, 9.17) is 11.6 Å². The van der Waals surface area contributed by atoms with Crippen LogP contribution in [0.25, 0.3) is 0 Å². The third-order valence-corrected chi connectivity index (χ3v) is 8.21. The Kier molecular flexibility index (Phi) is 6.74. The lowest BCUT2D eigenvalue weighted by Crippen LogP contribution is -2.45. The smallest absolute Gasteiger partial charge is 0.309 e. The van der Waals surface area contributed by atoms with Crippen molar-refractivity contribution >= 4 is 44.6 Å². The van der Waals surface area contributed by atoms with Gasteiger partial charge >= 0.3 is 11.8 Å². The molecule has 28 heavy (non-hydrogen) atoms. The SMILES string of the molecule is O=C(NC[C@H](c1cccs1)S(=O)(=O)c1ccc(Cl)cc1)C(=O)NC1CCCC1. The molecule has 1 heterocycles. The van der Waals surface area contributed by atoms with Gasteiger partial charge in [-0.25, -0.2) is 8.42 Å². The maximum Gasteiger partial charge on any atom is 0.309 e. The first kappa shape index (κ1) is 20.8. The number of benzene rings is 1. The molecule has 0 saturated heterocycles. The fourth-order valence-corrected chi connectivity index (χ4v) is 6.12. The molecule has 0 aliphatic heterocycles. The van der Waals surface area contributed by atoms with Gasteiger partial charge in [0.15, 0.2) is 9.84 Å². The van der Waals surface area contributed by atoms with Crippen molar-refractivity contribution in [1.29, 1.82) is 0 Å². The van der Waals surface area contributed by atoms with Crippen molar-refractivity contribution in [3.05, 3.63) is 51.7 Å². The number of sulfone groups is 1. The summed E-state index contributed by atoms with van der Waals surface area (Å²) in [4.78, 5) is 25.0. The van der Waals surface area contributed by atoms with Crippen LogP contribution in [0.1, 0.15) is 35.8 Å². The number of carbonyl (C=O) groups is 2. The summed E-state index contributed by atoms with van der Waals surface area (Å²) in [7, 11) is -3.78. The van der Waals surface area contributed by atoms with Crippen LogP contribution < -0.4 is 10.6 Å². The number of amides is 2. The highest BCUT2D eigenvalue weighted by Crippen LogP contribution is 2.31. The molecule has 0 bridgehead atoms. The molecule has 2 amide bonds. The fourth-order valence-electron chi connectivity index (χ4n) is 3.21.